The van der Waals surface area contributed by atoms with Gasteiger partial charge in [-0.15, -0.1) is 0 Å². The third-order valence-electron chi connectivity index (χ3n) is 1.03. The van der Waals surface area contributed by atoms with Crippen molar-refractivity contribution in [1.29, 1.82) is 0 Å². The first kappa shape index (κ1) is 6.14. The molecule has 1 aromatic rings. The molecule has 0 bridgehead atoms. The van der Waals surface area contributed by atoms with E-state index in [4.69, 9.17) is 4.74 Å². The van der Waals surface area contributed by atoms with Gasteiger partial charge in [0.2, 0.25) is 0 Å². The maximum atomic E-state index is 4.94. The van der Waals surface area contributed by atoms with Crippen molar-refractivity contribution >= 4 is 29.6 Å². The standard InChI is InChI=1S/C6H4O.Na/c1-2-4-6-5(3-1)7-6;/h1-4H;. The molecule has 0 unspecified atom stereocenters. The Morgan fingerprint density at radius 3 is 1.88 bits per heavy atom. The van der Waals surface area contributed by atoms with Gasteiger partial charge in [0.05, 0.1) is 0 Å². The number of benzene rings is 1. The molecule has 35 valence electrons. The van der Waals surface area contributed by atoms with Gasteiger partial charge in [0.15, 0.2) is 11.5 Å². The second kappa shape index (κ2) is 2.09. The van der Waals surface area contributed by atoms with Crippen molar-refractivity contribution in [2.24, 2.45) is 0 Å². The van der Waals surface area contributed by atoms with Crippen LogP contribution in [0.5, 0.6) is 11.5 Å². The SMILES string of the molecule is [Na].c1ccc2c(c1)O2. The van der Waals surface area contributed by atoms with Crippen molar-refractivity contribution in [2.45, 2.75) is 0 Å². The molecular weight excluding hydrogens is 111 g/mol. The summed E-state index contributed by atoms with van der Waals surface area (Å²) in [6.07, 6.45) is 0. The van der Waals surface area contributed by atoms with E-state index in [1.807, 2.05) is 24.3 Å². The average Bonchev–Trinajstić information content (AvgIpc) is 2.41. The molecule has 1 aliphatic rings. The summed E-state index contributed by atoms with van der Waals surface area (Å²) in [4.78, 5) is 0. The van der Waals surface area contributed by atoms with Crippen molar-refractivity contribution in [3.63, 3.8) is 0 Å². The van der Waals surface area contributed by atoms with Crippen LogP contribution in [0.15, 0.2) is 24.3 Å². The number of hydrogen-bond acceptors (Lipinski definition) is 1. The molecule has 0 saturated heterocycles. The van der Waals surface area contributed by atoms with Gasteiger partial charge in [-0.2, -0.15) is 0 Å². The van der Waals surface area contributed by atoms with E-state index in [1.54, 1.807) is 0 Å². The molecule has 1 nitrogen and oxygen atoms in total. The van der Waals surface area contributed by atoms with Gasteiger partial charge in [0, 0.05) is 29.6 Å². The summed E-state index contributed by atoms with van der Waals surface area (Å²) in [7, 11) is 0. The Balaban J connectivity index is 0.000000320. The smallest absolute Gasteiger partial charge is 0.170 e. The Hall–Kier alpha value is 0.0200. The second-order valence-corrected chi connectivity index (χ2v) is 1.55. The number of rotatable bonds is 0. The minimum atomic E-state index is 0. The summed E-state index contributed by atoms with van der Waals surface area (Å²) in [6.45, 7) is 0. The van der Waals surface area contributed by atoms with Crippen LogP contribution < -0.4 is 4.74 Å². The predicted octanol–water partition coefficient (Wildman–Crippen LogP) is 1.41. The summed E-state index contributed by atoms with van der Waals surface area (Å²) >= 11 is 0. The van der Waals surface area contributed by atoms with Gasteiger partial charge in [0.1, 0.15) is 0 Å². The van der Waals surface area contributed by atoms with E-state index in [0.29, 0.717) is 0 Å². The summed E-state index contributed by atoms with van der Waals surface area (Å²) in [6, 6.07) is 7.84. The fraction of sp³-hybridized carbons (Fsp3) is 0. The van der Waals surface area contributed by atoms with Gasteiger partial charge in [-0.25, -0.2) is 0 Å². The molecule has 0 aromatic heterocycles. The van der Waals surface area contributed by atoms with E-state index in [2.05, 4.69) is 0 Å². The van der Waals surface area contributed by atoms with Gasteiger partial charge in [-0.1, -0.05) is 12.1 Å². The summed E-state index contributed by atoms with van der Waals surface area (Å²) in [5.74, 6) is 2.06. The van der Waals surface area contributed by atoms with Crippen LogP contribution in [0.25, 0.3) is 0 Å². The van der Waals surface area contributed by atoms with Crippen molar-refractivity contribution < 1.29 is 4.74 Å². The Bertz CT molecular complexity index is 176. The zero-order chi connectivity index (χ0) is 4.69. The third kappa shape index (κ3) is 0.895. The minimum Gasteiger partial charge on any atom is -0.450 e. The van der Waals surface area contributed by atoms with E-state index in [0.717, 1.165) is 11.5 Å². The normalized spacial score (nSPS) is 10.5. The summed E-state index contributed by atoms with van der Waals surface area (Å²) < 4.78 is 4.94. The number of hydrogen-bond donors (Lipinski definition) is 0. The van der Waals surface area contributed by atoms with Crippen molar-refractivity contribution in [3.05, 3.63) is 24.3 Å². The van der Waals surface area contributed by atoms with Gasteiger partial charge < -0.3 is 4.74 Å². The van der Waals surface area contributed by atoms with E-state index in [9.17, 15) is 0 Å². The maximum absolute atomic E-state index is 4.94. The topological polar surface area (TPSA) is 12.5 Å². The van der Waals surface area contributed by atoms with Gasteiger partial charge in [-0.05, 0) is 12.1 Å². The molecule has 8 heavy (non-hydrogen) atoms. The Kier molecular flexibility index (Phi) is 1.61. The van der Waals surface area contributed by atoms with Crippen LogP contribution in [-0.4, -0.2) is 29.6 Å². The molecular formula is C6H4NaO. The van der Waals surface area contributed by atoms with Crippen molar-refractivity contribution in [3.8, 4) is 11.5 Å². The van der Waals surface area contributed by atoms with Crippen LogP contribution >= 0.6 is 0 Å². The van der Waals surface area contributed by atoms with Crippen LogP contribution in [-0.2, 0) is 0 Å². The summed E-state index contributed by atoms with van der Waals surface area (Å²) in [5.41, 5.74) is 0. The fourth-order valence-corrected chi connectivity index (χ4v) is 0.611. The zero-order valence-electron chi connectivity index (χ0n) is 4.72. The maximum Gasteiger partial charge on any atom is 0.170 e. The van der Waals surface area contributed by atoms with E-state index < -0.39 is 0 Å². The van der Waals surface area contributed by atoms with Crippen LogP contribution in [0, 0.1) is 0 Å². The van der Waals surface area contributed by atoms with Crippen LogP contribution in [0.2, 0.25) is 0 Å². The monoisotopic (exact) mass is 115 g/mol. The van der Waals surface area contributed by atoms with Crippen LogP contribution in [0.1, 0.15) is 0 Å². The molecule has 0 amide bonds. The van der Waals surface area contributed by atoms with Crippen molar-refractivity contribution in [1.82, 2.24) is 0 Å². The zero-order valence-corrected chi connectivity index (χ0v) is 6.72. The largest absolute Gasteiger partial charge is 0.450 e. The molecule has 0 spiro atoms. The Morgan fingerprint density at radius 1 is 1.00 bits per heavy atom. The predicted molar refractivity (Wildman–Crippen MR) is 32.3 cm³/mol. The third-order valence-corrected chi connectivity index (χ3v) is 1.03. The van der Waals surface area contributed by atoms with Gasteiger partial charge >= 0.3 is 0 Å². The van der Waals surface area contributed by atoms with E-state index >= 15 is 0 Å². The van der Waals surface area contributed by atoms with E-state index in [-0.39, 0.29) is 29.6 Å². The first-order chi connectivity index (χ1) is 3.47. The minimum absolute atomic E-state index is 0. The fourth-order valence-electron chi connectivity index (χ4n) is 0.611. The second-order valence-electron chi connectivity index (χ2n) is 1.55. The summed E-state index contributed by atoms with van der Waals surface area (Å²) in [5, 5.41) is 0. The Morgan fingerprint density at radius 2 is 1.50 bits per heavy atom. The molecule has 1 aliphatic heterocycles. The van der Waals surface area contributed by atoms with Crippen LogP contribution in [0.4, 0.5) is 0 Å². The molecule has 1 radical (unpaired) electrons. The number of para-hydroxylation sites is 2. The first-order valence-electron chi connectivity index (χ1n) is 2.24. The molecule has 0 saturated carbocycles. The number of ether oxygens (including phenoxy) is 1. The Labute approximate surface area is 70.0 Å². The molecule has 2 heteroatoms. The average molecular weight is 115 g/mol. The number of fused-ring (bicyclic) bond motifs is 1. The first-order valence-corrected chi connectivity index (χ1v) is 2.24. The molecule has 0 aliphatic carbocycles. The molecule has 0 fully saturated rings. The van der Waals surface area contributed by atoms with Gasteiger partial charge in [-0.3, -0.25) is 0 Å². The molecule has 1 heterocycles. The van der Waals surface area contributed by atoms with Crippen molar-refractivity contribution in [2.75, 3.05) is 0 Å². The molecule has 2 rings (SSSR count). The van der Waals surface area contributed by atoms with Crippen LogP contribution in [0.3, 0.4) is 0 Å². The van der Waals surface area contributed by atoms with Gasteiger partial charge in [0.25, 0.3) is 0 Å². The molecule has 1 aromatic carbocycles. The molecule has 0 atom stereocenters. The quantitative estimate of drug-likeness (QED) is 0.373. The van der Waals surface area contributed by atoms with E-state index in [1.165, 1.54) is 0 Å². The molecule has 0 N–H and O–H groups in total.